The summed E-state index contributed by atoms with van der Waals surface area (Å²) >= 11 is 1.58. The zero-order valence-electron chi connectivity index (χ0n) is 12.6. The molecule has 2 N–H and O–H groups in total. The molecule has 0 atom stereocenters. The number of aromatic nitrogens is 2. The van der Waals surface area contributed by atoms with E-state index in [1.165, 1.54) is 0 Å². The van der Waals surface area contributed by atoms with Gasteiger partial charge in [-0.3, -0.25) is 4.79 Å². The normalized spacial score (nSPS) is 14.7. The van der Waals surface area contributed by atoms with E-state index < -0.39 is 0 Å². The lowest BCUT2D eigenvalue weighted by Crippen LogP contribution is -2.40. The number of hydrogen-bond acceptors (Lipinski definition) is 6. The minimum absolute atomic E-state index is 0.0543. The third-order valence-corrected chi connectivity index (χ3v) is 4.63. The van der Waals surface area contributed by atoms with Crippen molar-refractivity contribution < 1.29 is 9.53 Å². The summed E-state index contributed by atoms with van der Waals surface area (Å²) < 4.78 is 5.31. The highest BCUT2D eigenvalue weighted by Gasteiger charge is 2.20. The third kappa shape index (κ3) is 4.00. The highest BCUT2D eigenvalue weighted by Crippen LogP contribution is 2.27. The van der Waals surface area contributed by atoms with Gasteiger partial charge >= 0.3 is 0 Å². The average molecular weight is 330 g/mol. The molecule has 0 saturated carbocycles. The molecule has 0 aliphatic carbocycles. The molecule has 0 unspecified atom stereocenters. The van der Waals surface area contributed by atoms with Crippen molar-refractivity contribution in [3.05, 3.63) is 47.8 Å². The number of morpholine rings is 1. The van der Waals surface area contributed by atoms with Crippen molar-refractivity contribution in [1.82, 2.24) is 14.9 Å². The largest absolute Gasteiger partial charge is 0.378 e. The number of carbonyl (C=O) groups excluding carboxylic acids is 1. The van der Waals surface area contributed by atoms with E-state index in [0.717, 1.165) is 16.2 Å². The number of anilines is 1. The highest BCUT2D eigenvalue weighted by atomic mass is 32.2. The van der Waals surface area contributed by atoms with Crippen molar-refractivity contribution in [3.63, 3.8) is 0 Å². The topological polar surface area (TPSA) is 81.3 Å². The summed E-state index contributed by atoms with van der Waals surface area (Å²) in [4.78, 5) is 23.6. The molecule has 6 nitrogen and oxygen atoms in total. The van der Waals surface area contributed by atoms with Crippen LogP contribution in [-0.2, 0) is 10.5 Å². The van der Waals surface area contributed by atoms with Crippen molar-refractivity contribution in [1.29, 1.82) is 0 Å². The number of benzene rings is 1. The van der Waals surface area contributed by atoms with Crippen LogP contribution in [0.1, 0.15) is 16.1 Å². The van der Waals surface area contributed by atoms with Crippen LogP contribution in [0.5, 0.6) is 0 Å². The lowest BCUT2D eigenvalue weighted by Gasteiger charge is -2.27. The van der Waals surface area contributed by atoms with Crippen LogP contribution in [0, 0.1) is 0 Å². The van der Waals surface area contributed by atoms with E-state index in [4.69, 9.17) is 10.5 Å². The van der Waals surface area contributed by atoms with E-state index in [1.807, 2.05) is 35.2 Å². The molecule has 0 spiro atoms. The Kier molecular flexibility index (Phi) is 5.09. The number of ether oxygens (including phenoxy) is 1. The Hall–Kier alpha value is -2.12. The highest BCUT2D eigenvalue weighted by molar-refractivity contribution is 7.98. The molecule has 1 fully saturated rings. The molecule has 23 heavy (non-hydrogen) atoms. The molecule has 2 heterocycles. The summed E-state index contributed by atoms with van der Waals surface area (Å²) in [5, 5.41) is 0. The lowest BCUT2D eigenvalue weighted by molar-refractivity contribution is 0.0300. The van der Waals surface area contributed by atoms with Crippen LogP contribution >= 0.6 is 11.8 Å². The number of carbonyl (C=O) groups is 1. The first-order valence-corrected chi connectivity index (χ1v) is 8.39. The van der Waals surface area contributed by atoms with E-state index >= 15 is 0 Å². The second-order valence-electron chi connectivity index (χ2n) is 5.10. The SMILES string of the molecule is Nc1nccc(CSc2ccccc2C(=O)N2CCOCC2)n1. The Morgan fingerprint density at radius 2 is 2.04 bits per heavy atom. The van der Waals surface area contributed by atoms with Gasteiger partial charge in [-0.2, -0.15) is 0 Å². The predicted octanol–water partition coefficient (Wildman–Crippen LogP) is 1.82. The number of nitrogens with two attached hydrogens (primary N) is 1. The number of nitrogens with zero attached hydrogens (tertiary/aromatic N) is 3. The number of thioether (sulfide) groups is 1. The minimum atomic E-state index is 0.0543. The Bertz CT molecular complexity index is 689. The van der Waals surface area contributed by atoms with Crippen LogP contribution < -0.4 is 5.73 Å². The van der Waals surface area contributed by atoms with E-state index in [2.05, 4.69) is 9.97 Å². The fourth-order valence-corrected chi connectivity index (χ4v) is 3.30. The molecular formula is C16H18N4O2S. The number of rotatable bonds is 4. The van der Waals surface area contributed by atoms with Gasteiger partial charge in [-0.05, 0) is 18.2 Å². The standard InChI is InChI=1S/C16H18N4O2S/c17-16-18-6-5-12(19-16)11-23-14-4-2-1-3-13(14)15(21)20-7-9-22-10-8-20/h1-6H,7-11H2,(H2,17,18,19). The molecule has 0 bridgehead atoms. The van der Waals surface area contributed by atoms with Crippen molar-refractivity contribution in [2.75, 3.05) is 32.0 Å². The minimum Gasteiger partial charge on any atom is -0.378 e. The number of nitrogen functional groups attached to an aromatic ring is 1. The second-order valence-corrected chi connectivity index (χ2v) is 6.11. The molecular weight excluding hydrogens is 312 g/mol. The molecule has 120 valence electrons. The molecule has 1 aromatic heterocycles. The summed E-state index contributed by atoms with van der Waals surface area (Å²) in [5.74, 6) is 0.958. The van der Waals surface area contributed by atoms with Gasteiger partial charge in [0, 0.05) is 29.9 Å². The summed E-state index contributed by atoms with van der Waals surface area (Å²) in [6.07, 6.45) is 1.64. The Morgan fingerprint density at radius 3 is 2.83 bits per heavy atom. The van der Waals surface area contributed by atoms with E-state index in [1.54, 1.807) is 18.0 Å². The van der Waals surface area contributed by atoms with E-state index in [0.29, 0.717) is 32.1 Å². The lowest BCUT2D eigenvalue weighted by atomic mass is 10.2. The van der Waals surface area contributed by atoms with Crippen LogP contribution in [0.4, 0.5) is 5.95 Å². The van der Waals surface area contributed by atoms with Crippen molar-refractivity contribution in [2.45, 2.75) is 10.6 Å². The van der Waals surface area contributed by atoms with Crippen molar-refractivity contribution >= 4 is 23.6 Å². The monoisotopic (exact) mass is 330 g/mol. The van der Waals surface area contributed by atoms with Crippen LogP contribution in [0.3, 0.4) is 0 Å². The molecule has 0 radical (unpaired) electrons. The maximum atomic E-state index is 12.7. The predicted molar refractivity (Wildman–Crippen MR) is 89.2 cm³/mol. The molecule has 1 aliphatic heterocycles. The van der Waals surface area contributed by atoms with Gasteiger partial charge in [0.05, 0.1) is 24.5 Å². The zero-order valence-corrected chi connectivity index (χ0v) is 13.5. The average Bonchev–Trinajstić information content (AvgIpc) is 2.60. The van der Waals surface area contributed by atoms with Gasteiger partial charge in [0.2, 0.25) is 5.95 Å². The van der Waals surface area contributed by atoms with Crippen LogP contribution in [0.15, 0.2) is 41.4 Å². The van der Waals surface area contributed by atoms with Gasteiger partial charge < -0.3 is 15.4 Å². The van der Waals surface area contributed by atoms with Gasteiger partial charge in [0.1, 0.15) is 0 Å². The van der Waals surface area contributed by atoms with Gasteiger partial charge in [-0.1, -0.05) is 12.1 Å². The van der Waals surface area contributed by atoms with Crippen LogP contribution in [-0.4, -0.2) is 47.1 Å². The molecule has 7 heteroatoms. The fraction of sp³-hybridized carbons (Fsp3) is 0.312. The van der Waals surface area contributed by atoms with Gasteiger partial charge in [0.25, 0.3) is 5.91 Å². The first kappa shape index (κ1) is 15.8. The van der Waals surface area contributed by atoms with Gasteiger partial charge in [0.15, 0.2) is 0 Å². The zero-order chi connectivity index (χ0) is 16.1. The smallest absolute Gasteiger partial charge is 0.255 e. The summed E-state index contributed by atoms with van der Waals surface area (Å²) in [6.45, 7) is 2.48. The fourth-order valence-electron chi connectivity index (χ4n) is 2.35. The summed E-state index contributed by atoms with van der Waals surface area (Å²) in [5.41, 5.74) is 7.17. The van der Waals surface area contributed by atoms with E-state index in [-0.39, 0.29) is 11.9 Å². The quantitative estimate of drug-likeness (QED) is 0.861. The van der Waals surface area contributed by atoms with Crippen molar-refractivity contribution in [2.24, 2.45) is 0 Å². The molecule has 3 rings (SSSR count). The summed E-state index contributed by atoms with van der Waals surface area (Å²) in [7, 11) is 0. The number of hydrogen-bond donors (Lipinski definition) is 1. The maximum absolute atomic E-state index is 12.7. The van der Waals surface area contributed by atoms with Gasteiger partial charge in [-0.25, -0.2) is 9.97 Å². The Balaban J connectivity index is 1.73. The Morgan fingerprint density at radius 1 is 1.26 bits per heavy atom. The third-order valence-electron chi connectivity index (χ3n) is 3.52. The molecule has 1 saturated heterocycles. The van der Waals surface area contributed by atoms with Crippen molar-refractivity contribution in [3.8, 4) is 0 Å². The molecule has 1 amide bonds. The summed E-state index contributed by atoms with van der Waals surface area (Å²) in [6, 6.07) is 9.49. The first-order valence-electron chi connectivity index (χ1n) is 7.40. The molecule has 2 aromatic rings. The van der Waals surface area contributed by atoms with Crippen LogP contribution in [0.25, 0.3) is 0 Å². The van der Waals surface area contributed by atoms with Gasteiger partial charge in [-0.15, -0.1) is 11.8 Å². The molecule has 1 aliphatic rings. The second kappa shape index (κ2) is 7.43. The first-order chi connectivity index (χ1) is 11.2. The molecule has 1 aromatic carbocycles. The Labute approximate surface area is 139 Å². The maximum Gasteiger partial charge on any atom is 0.255 e. The van der Waals surface area contributed by atoms with E-state index in [9.17, 15) is 4.79 Å². The van der Waals surface area contributed by atoms with Crippen LogP contribution in [0.2, 0.25) is 0 Å². The number of amides is 1.